The SMILES string of the molecule is [C-]#[N+]c1c(F)cc(CNNn2cccn2)c(-c2ccccn2)c1F. The third-order valence-corrected chi connectivity index (χ3v) is 3.29. The second-order valence-corrected chi connectivity index (χ2v) is 4.80. The van der Waals surface area contributed by atoms with Crippen LogP contribution in [0.5, 0.6) is 0 Å². The highest BCUT2D eigenvalue weighted by Crippen LogP contribution is 2.34. The highest BCUT2D eigenvalue weighted by molar-refractivity contribution is 5.71. The molecule has 1 aromatic carbocycles. The molecule has 24 heavy (non-hydrogen) atoms. The van der Waals surface area contributed by atoms with Crippen molar-refractivity contribution in [3.63, 3.8) is 0 Å². The molecule has 0 aliphatic rings. The summed E-state index contributed by atoms with van der Waals surface area (Å²) in [6.07, 6.45) is 4.75. The topological polar surface area (TPSA) is 59.1 Å². The fourth-order valence-electron chi connectivity index (χ4n) is 2.24. The van der Waals surface area contributed by atoms with Gasteiger partial charge in [-0.3, -0.25) is 4.98 Å². The van der Waals surface area contributed by atoms with Gasteiger partial charge in [0, 0.05) is 24.5 Å². The molecule has 8 heteroatoms. The van der Waals surface area contributed by atoms with Crippen LogP contribution in [0.25, 0.3) is 16.1 Å². The first-order valence-corrected chi connectivity index (χ1v) is 6.99. The van der Waals surface area contributed by atoms with Gasteiger partial charge in [-0.05, 0) is 29.8 Å². The molecule has 6 nitrogen and oxygen atoms in total. The highest BCUT2D eigenvalue weighted by Gasteiger charge is 2.20. The fraction of sp³-hybridized carbons (Fsp3) is 0.0625. The molecule has 0 unspecified atom stereocenters. The first-order chi connectivity index (χ1) is 11.7. The molecule has 2 N–H and O–H groups in total. The zero-order valence-corrected chi connectivity index (χ0v) is 12.4. The van der Waals surface area contributed by atoms with Crippen LogP contribution in [0.3, 0.4) is 0 Å². The fourth-order valence-corrected chi connectivity index (χ4v) is 2.24. The van der Waals surface area contributed by atoms with E-state index in [1.54, 1.807) is 36.7 Å². The number of halogens is 2. The average Bonchev–Trinajstić information content (AvgIpc) is 3.09. The number of hydrogen-bond acceptors (Lipinski definition) is 4. The zero-order valence-electron chi connectivity index (χ0n) is 12.4. The highest BCUT2D eigenvalue weighted by atomic mass is 19.1. The van der Waals surface area contributed by atoms with Crippen molar-refractivity contribution in [3.8, 4) is 11.3 Å². The van der Waals surface area contributed by atoms with Crippen molar-refractivity contribution >= 4 is 5.69 Å². The molecule has 0 aliphatic carbocycles. The van der Waals surface area contributed by atoms with Crippen molar-refractivity contribution in [2.24, 2.45) is 0 Å². The van der Waals surface area contributed by atoms with E-state index >= 15 is 0 Å². The maximum atomic E-state index is 14.6. The molecular formula is C16H12F2N6. The summed E-state index contributed by atoms with van der Waals surface area (Å²) in [5.41, 5.74) is 5.68. The molecule has 120 valence electrons. The lowest BCUT2D eigenvalue weighted by atomic mass is 10.0. The number of hydrazine groups is 1. The van der Waals surface area contributed by atoms with Crippen LogP contribution in [0.2, 0.25) is 0 Å². The van der Waals surface area contributed by atoms with E-state index in [0.29, 0.717) is 11.3 Å². The molecule has 2 heterocycles. The minimum Gasteiger partial charge on any atom is -0.256 e. The average molecular weight is 326 g/mol. The summed E-state index contributed by atoms with van der Waals surface area (Å²) in [4.78, 5) is 8.45. The summed E-state index contributed by atoms with van der Waals surface area (Å²) >= 11 is 0. The molecule has 0 bridgehead atoms. The van der Waals surface area contributed by atoms with Crippen LogP contribution < -0.4 is 11.0 Å². The van der Waals surface area contributed by atoms with E-state index < -0.39 is 17.3 Å². The van der Waals surface area contributed by atoms with Gasteiger partial charge in [0.15, 0.2) is 0 Å². The Morgan fingerprint density at radius 1 is 1.21 bits per heavy atom. The number of nitrogens with zero attached hydrogens (tertiary/aromatic N) is 4. The molecule has 0 saturated carbocycles. The quantitative estimate of drug-likeness (QED) is 0.559. The Balaban J connectivity index is 1.96. The van der Waals surface area contributed by atoms with Crippen molar-refractivity contribution in [2.45, 2.75) is 6.54 Å². The number of benzene rings is 1. The van der Waals surface area contributed by atoms with Gasteiger partial charge in [0.1, 0.15) is 11.6 Å². The minimum absolute atomic E-state index is 0.0951. The summed E-state index contributed by atoms with van der Waals surface area (Å²) < 4.78 is 28.6. The third-order valence-electron chi connectivity index (χ3n) is 3.29. The van der Waals surface area contributed by atoms with Gasteiger partial charge in [0.05, 0.1) is 18.5 Å². The Kier molecular flexibility index (Phi) is 4.45. The second-order valence-electron chi connectivity index (χ2n) is 4.80. The monoisotopic (exact) mass is 326 g/mol. The van der Waals surface area contributed by atoms with Crippen LogP contribution in [-0.4, -0.2) is 14.9 Å². The van der Waals surface area contributed by atoms with E-state index in [0.717, 1.165) is 6.07 Å². The molecule has 0 aliphatic heterocycles. The maximum absolute atomic E-state index is 14.6. The van der Waals surface area contributed by atoms with Crippen LogP contribution in [0, 0.1) is 18.2 Å². The van der Waals surface area contributed by atoms with Crippen molar-refractivity contribution in [1.29, 1.82) is 0 Å². The molecule has 0 spiro atoms. The van der Waals surface area contributed by atoms with Crippen molar-refractivity contribution in [2.75, 3.05) is 5.53 Å². The van der Waals surface area contributed by atoms with Gasteiger partial charge in [-0.25, -0.2) is 24.6 Å². The lowest BCUT2D eigenvalue weighted by Crippen LogP contribution is -2.30. The van der Waals surface area contributed by atoms with Gasteiger partial charge < -0.3 is 0 Å². The van der Waals surface area contributed by atoms with Gasteiger partial charge >= 0.3 is 0 Å². The summed E-state index contributed by atoms with van der Waals surface area (Å²) in [6, 6.07) is 7.85. The third kappa shape index (κ3) is 3.06. The number of aromatic nitrogens is 3. The molecule has 3 rings (SSSR count). The molecule has 0 saturated heterocycles. The summed E-state index contributed by atoms with van der Waals surface area (Å²) in [5, 5.41) is 3.93. The predicted octanol–water partition coefficient (Wildman–Crippen LogP) is 3.02. The lowest BCUT2D eigenvalue weighted by molar-refractivity contribution is 0.583. The van der Waals surface area contributed by atoms with Crippen molar-refractivity contribution < 1.29 is 8.78 Å². The molecule has 2 aromatic heterocycles. The molecule has 0 radical (unpaired) electrons. The van der Waals surface area contributed by atoms with Gasteiger partial charge in [0.2, 0.25) is 0 Å². The van der Waals surface area contributed by atoms with Crippen LogP contribution in [-0.2, 0) is 6.54 Å². The standard InChI is InChI=1S/C16H12F2N6/c1-19-16-12(17)9-11(10-21-23-24-8-4-7-22-24)14(15(16)18)13-5-2-3-6-20-13/h2-9,21,23H,10H2. The first kappa shape index (κ1) is 15.6. The number of hydrogen-bond donors (Lipinski definition) is 2. The molecule has 0 atom stereocenters. The van der Waals surface area contributed by atoms with Gasteiger partial charge in [-0.1, -0.05) is 6.07 Å². The summed E-state index contributed by atoms with van der Waals surface area (Å²) in [5.74, 6) is -1.82. The van der Waals surface area contributed by atoms with Crippen LogP contribution in [0.4, 0.5) is 14.5 Å². The first-order valence-electron chi connectivity index (χ1n) is 6.99. The normalized spacial score (nSPS) is 10.4. The van der Waals surface area contributed by atoms with Crippen LogP contribution in [0.1, 0.15) is 5.56 Å². The van der Waals surface area contributed by atoms with E-state index in [4.69, 9.17) is 6.57 Å². The Bertz CT molecular complexity index is 872. The largest absolute Gasteiger partial charge is 0.257 e. The van der Waals surface area contributed by atoms with Crippen LogP contribution >= 0.6 is 0 Å². The smallest absolute Gasteiger partial charge is 0.256 e. The van der Waals surface area contributed by atoms with Crippen molar-refractivity contribution in [1.82, 2.24) is 20.3 Å². The molecule has 3 aromatic rings. The van der Waals surface area contributed by atoms with E-state index in [9.17, 15) is 8.78 Å². The second kappa shape index (κ2) is 6.85. The number of nitrogens with one attached hydrogen (secondary N) is 2. The summed E-state index contributed by atoms with van der Waals surface area (Å²) in [7, 11) is 0. The van der Waals surface area contributed by atoms with E-state index in [1.165, 1.54) is 11.0 Å². The van der Waals surface area contributed by atoms with E-state index in [2.05, 4.69) is 25.9 Å². The van der Waals surface area contributed by atoms with E-state index in [1.807, 2.05) is 0 Å². The van der Waals surface area contributed by atoms with Gasteiger partial charge in [0.25, 0.3) is 5.69 Å². The number of rotatable bonds is 5. The molecule has 0 amide bonds. The Labute approximate surface area is 136 Å². The Morgan fingerprint density at radius 3 is 2.75 bits per heavy atom. The summed E-state index contributed by atoms with van der Waals surface area (Å²) in [6.45, 7) is 7.07. The van der Waals surface area contributed by atoms with E-state index in [-0.39, 0.29) is 12.1 Å². The maximum Gasteiger partial charge on any atom is 0.257 e. The minimum atomic E-state index is -0.917. The number of pyridine rings is 1. The predicted molar refractivity (Wildman–Crippen MR) is 84.3 cm³/mol. The van der Waals surface area contributed by atoms with Crippen molar-refractivity contribution in [3.05, 3.63) is 77.5 Å². The van der Waals surface area contributed by atoms with Gasteiger partial charge in [-0.2, -0.15) is 9.89 Å². The lowest BCUT2D eigenvalue weighted by Gasteiger charge is -2.14. The zero-order chi connectivity index (χ0) is 16.9. The Morgan fingerprint density at radius 2 is 2.08 bits per heavy atom. The van der Waals surface area contributed by atoms with Crippen LogP contribution in [0.15, 0.2) is 48.9 Å². The molecule has 0 fully saturated rings. The Hall–Kier alpha value is -3.31. The van der Waals surface area contributed by atoms with Gasteiger partial charge in [-0.15, -0.1) is 0 Å². The molecular weight excluding hydrogens is 314 g/mol.